The predicted molar refractivity (Wildman–Crippen MR) is 91.6 cm³/mol. The van der Waals surface area contributed by atoms with Gasteiger partial charge < -0.3 is 9.64 Å². The van der Waals surface area contributed by atoms with E-state index in [1.165, 1.54) is 12.7 Å². The van der Waals surface area contributed by atoms with Gasteiger partial charge in [-0.05, 0) is 30.5 Å². The molecule has 0 fully saturated rings. The number of benzene rings is 2. The normalized spacial score (nSPS) is 19.2. The number of esters is 1. The zero-order valence-corrected chi connectivity index (χ0v) is 14.0. The fourth-order valence-electron chi connectivity index (χ4n) is 3.43. The summed E-state index contributed by atoms with van der Waals surface area (Å²) in [6.45, 7) is 2.50. The highest BCUT2D eigenvalue weighted by atomic mass is 16.5. The van der Waals surface area contributed by atoms with Crippen LogP contribution in [-0.2, 0) is 21.5 Å². The molecule has 0 saturated carbocycles. The molecule has 1 amide bonds. The molecule has 0 saturated heterocycles. The molecular weight excluding hydrogens is 302 g/mol. The summed E-state index contributed by atoms with van der Waals surface area (Å²) in [4.78, 5) is 26.6. The molecule has 24 heavy (non-hydrogen) atoms. The molecular formula is C20H21NO3. The maximum Gasteiger partial charge on any atom is 0.308 e. The number of ether oxygens (including phenoxy) is 1. The van der Waals surface area contributed by atoms with Crippen LogP contribution in [0.15, 0.2) is 54.6 Å². The number of nitrogens with zero attached hydrogens (tertiary/aromatic N) is 1. The molecule has 1 aliphatic rings. The number of rotatable bonds is 5. The van der Waals surface area contributed by atoms with Crippen molar-refractivity contribution in [2.75, 3.05) is 13.7 Å². The first kappa shape index (κ1) is 16.2. The van der Waals surface area contributed by atoms with Gasteiger partial charge in [0.25, 0.3) is 5.91 Å². The standard InChI is InChI=1S/C20H21NO3/c1-20(14-18(22)24-2)17-11-7-6-10-16(17)19(23)21(20)13-12-15-8-4-3-5-9-15/h3-11H,12-14H2,1-2H3. The largest absolute Gasteiger partial charge is 0.469 e. The molecule has 1 heterocycles. The van der Waals surface area contributed by atoms with Gasteiger partial charge in [-0.25, -0.2) is 0 Å². The van der Waals surface area contributed by atoms with Crippen molar-refractivity contribution in [2.24, 2.45) is 0 Å². The van der Waals surface area contributed by atoms with Crippen LogP contribution in [0.2, 0.25) is 0 Å². The van der Waals surface area contributed by atoms with Crippen LogP contribution in [0.1, 0.15) is 34.8 Å². The molecule has 2 aromatic carbocycles. The Morgan fingerprint density at radius 3 is 2.46 bits per heavy atom. The number of amides is 1. The third kappa shape index (κ3) is 2.80. The Morgan fingerprint density at radius 1 is 1.08 bits per heavy atom. The second kappa shape index (κ2) is 6.48. The Hall–Kier alpha value is -2.62. The summed E-state index contributed by atoms with van der Waals surface area (Å²) >= 11 is 0. The van der Waals surface area contributed by atoms with Crippen LogP contribution in [0.4, 0.5) is 0 Å². The van der Waals surface area contributed by atoms with Crippen molar-refractivity contribution in [1.82, 2.24) is 4.90 Å². The number of hydrogen-bond acceptors (Lipinski definition) is 3. The van der Waals surface area contributed by atoms with Crippen molar-refractivity contribution in [1.29, 1.82) is 0 Å². The molecule has 4 heteroatoms. The first-order chi connectivity index (χ1) is 11.6. The Balaban J connectivity index is 1.91. The fraction of sp³-hybridized carbons (Fsp3) is 0.300. The van der Waals surface area contributed by atoms with Crippen molar-refractivity contribution in [3.05, 3.63) is 71.3 Å². The molecule has 0 bridgehead atoms. The fourth-order valence-corrected chi connectivity index (χ4v) is 3.43. The van der Waals surface area contributed by atoms with E-state index in [-0.39, 0.29) is 18.3 Å². The molecule has 1 aliphatic heterocycles. The second-order valence-electron chi connectivity index (χ2n) is 6.26. The lowest BCUT2D eigenvalue weighted by Crippen LogP contribution is -2.44. The number of methoxy groups -OCH3 is 1. The van der Waals surface area contributed by atoms with Crippen LogP contribution in [0.5, 0.6) is 0 Å². The zero-order valence-electron chi connectivity index (χ0n) is 14.0. The molecule has 1 unspecified atom stereocenters. The lowest BCUT2D eigenvalue weighted by Gasteiger charge is -2.35. The number of fused-ring (bicyclic) bond motifs is 1. The van der Waals surface area contributed by atoms with E-state index in [1.54, 1.807) is 0 Å². The lowest BCUT2D eigenvalue weighted by atomic mass is 9.88. The number of carbonyl (C=O) groups is 2. The van der Waals surface area contributed by atoms with E-state index >= 15 is 0 Å². The summed E-state index contributed by atoms with van der Waals surface area (Å²) in [5.74, 6) is -0.334. The van der Waals surface area contributed by atoms with Crippen molar-refractivity contribution < 1.29 is 14.3 Å². The first-order valence-electron chi connectivity index (χ1n) is 8.08. The van der Waals surface area contributed by atoms with Gasteiger partial charge in [0.05, 0.1) is 19.1 Å². The van der Waals surface area contributed by atoms with E-state index in [0.29, 0.717) is 12.1 Å². The molecule has 1 atom stereocenters. The Labute approximate surface area is 142 Å². The third-order valence-corrected chi connectivity index (χ3v) is 4.76. The molecule has 3 rings (SSSR count). The van der Waals surface area contributed by atoms with Crippen molar-refractivity contribution >= 4 is 11.9 Å². The van der Waals surface area contributed by atoms with E-state index in [1.807, 2.05) is 66.4 Å². The highest BCUT2D eigenvalue weighted by Crippen LogP contribution is 2.41. The van der Waals surface area contributed by atoms with Gasteiger partial charge in [-0.2, -0.15) is 0 Å². The van der Waals surface area contributed by atoms with Crippen molar-refractivity contribution in [2.45, 2.75) is 25.3 Å². The summed E-state index contributed by atoms with van der Waals surface area (Å²) < 4.78 is 4.86. The Morgan fingerprint density at radius 2 is 1.75 bits per heavy atom. The van der Waals surface area contributed by atoms with Gasteiger partial charge in [0.15, 0.2) is 0 Å². The highest BCUT2D eigenvalue weighted by Gasteiger charge is 2.47. The number of carbonyl (C=O) groups excluding carboxylic acids is 2. The first-order valence-corrected chi connectivity index (χ1v) is 8.08. The SMILES string of the molecule is COC(=O)CC1(C)c2ccccc2C(=O)N1CCc1ccccc1. The van der Waals surface area contributed by atoms with Gasteiger partial charge in [-0.1, -0.05) is 48.5 Å². The van der Waals surface area contributed by atoms with Gasteiger partial charge in [0.1, 0.15) is 0 Å². The van der Waals surface area contributed by atoms with E-state index in [2.05, 4.69) is 0 Å². The second-order valence-corrected chi connectivity index (χ2v) is 6.26. The Kier molecular flexibility index (Phi) is 4.38. The van der Waals surface area contributed by atoms with E-state index < -0.39 is 5.54 Å². The van der Waals surface area contributed by atoms with Gasteiger partial charge in [0, 0.05) is 12.1 Å². The summed E-state index contributed by atoms with van der Waals surface area (Å²) in [5.41, 5.74) is 2.07. The maximum atomic E-state index is 12.9. The highest BCUT2D eigenvalue weighted by molar-refractivity contribution is 6.00. The third-order valence-electron chi connectivity index (χ3n) is 4.76. The summed E-state index contributed by atoms with van der Waals surface area (Å²) in [5, 5.41) is 0. The van der Waals surface area contributed by atoms with Crippen molar-refractivity contribution in [3.63, 3.8) is 0 Å². The van der Waals surface area contributed by atoms with Crippen LogP contribution in [0, 0.1) is 0 Å². The Bertz CT molecular complexity index is 756. The minimum atomic E-state index is -0.671. The van der Waals surface area contributed by atoms with E-state index in [0.717, 1.165) is 12.0 Å². The molecule has 0 aromatic heterocycles. The average Bonchev–Trinajstić information content (AvgIpc) is 2.82. The van der Waals surface area contributed by atoms with Crippen LogP contribution in [0.3, 0.4) is 0 Å². The van der Waals surface area contributed by atoms with Crippen molar-refractivity contribution in [3.8, 4) is 0 Å². The summed E-state index contributed by atoms with van der Waals surface area (Å²) in [6.07, 6.45) is 0.901. The smallest absolute Gasteiger partial charge is 0.308 e. The van der Waals surface area contributed by atoms with Gasteiger partial charge in [-0.15, -0.1) is 0 Å². The molecule has 4 nitrogen and oxygen atoms in total. The zero-order chi connectivity index (χ0) is 17.2. The lowest BCUT2D eigenvalue weighted by molar-refractivity contribution is -0.143. The molecule has 124 valence electrons. The van der Waals surface area contributed by atoms with Gasteiger partial charge in [-0.3, -0.25) is 9.59 Å². The molecule has 0 N–H and O–H groups in total. The summed E-state index contributed by atoms with van der Waals surface area (Å²) in [6, 6.07) is 17.6. The summed E-state index contributed by atoms with van der Waals surface area (Å²) in [7, 11) is 1.38. The van der Waals surface area contributed by atoms with Crippen LogP contribution < -0.4 is 0 Å². The van der Waals surface area contributed by atoms with Crippen LogP contribution in [-0.4, -0.2) is 30.4 Å². The predicted octanol–water partition coefficient (Wildman–Crippen LogP) is 3.16. The maximum absolute atomic E-state index is 12.9. The monoisotopic (exact) mass is 323 g/mol. The van der Waals surface area contributed by atoms with E-state index in [9.17, 15) is 9.59 Å². The molecule has 0 aliphatic carbocycles. The minimum absolute atomic E-state index is 0.0204. The quantitative estimate of drug-likeness (QED) is 0.794. The molecule has 0 radical (unpaired) electrons. The topological polar surface area (TPSA) is 46.6 Å². The molecule has 2 aromatic rings. The minimum Gasteiger partial charge on any atom is -0.469 e. The van der Waals surface area contributed by atoms with Gasteiger partial charge in [0.2, 0.25) is 0 Å². The average molecular weight is 323 g/mol. The number of hydrogen-bond donors (Lipinski definition) is 0. The van der Waals surface area contributed by atoms with E-state index in [4.69, 9.17) is 4.74 Å². The van der Waals surface area contributed by atoms with Crippen LogP contribution >= 0.6 is 0 Å². The molecule has 0 spiro atoms. The van der Waals surface area contributed by atoms with Crippen LogP contribution in [0.25, 0.3) is 0 Å². The van der Waals surface area contributed by atoms with Gasteiger partial charge >= 0.3 is 5.97 Å².